The highest BCUT2D eigenvalue weighted by molar-refractivity contribution is 7.66. The van der Waals surface area contributed by atoms with Gasteiger partial charge in [-0.2, -0.15) is 0 Å². The summed E-state index contributed by atoms with van der Waals surface area (Å²) in [6, 6.07) is 0. The van der Waals surface area contributed by atoms with E-state index in [1.165, 1.54) is 0 Å². The minimum Gasteiger partial charge on any atom is -0.323 e. The molecule has 3 nitrogen and oxygen atoms in total. The lowest BCUT2D eigenvalue weighted by molar-refractivity contribution is -0.114. The van der Waals surface area contributed by atoms with Crippen molar-refractivity contribution in [2.24, 2.45) is 0 Å². The van der Waals surface area contributed by atoms with Gasteiger partial charge in [0.15, 0.2) is 0 Å². The summed E-state index contributed by atoms with van der Waals surface area (Å²) in [5.41, 5.74) is 0. The summed E-state index contributed by atoms with van der Waals surface area (Å²) in [7, 11) is -4.63. The smallest absolute Gasteiger partial charge is 0.147 e. The van der Waals surface area contributed by atoms with E-state index in [9.17, 15) is 13.9 Å². The largest absolute Gasteiger partial charge is 0.323 e. The summed E-state index contributed by atoms with van der Waals surface area (Å²) < 4.78 is 24.2. The van der Waals surface area contributed by atoms with E-state index in [-0.39, 0.29) is 18.1 Å². The van der Waals surface area contributed by atoms with Gasteiger partial charge in [0.25, 0.3) is 0 Å². The van der Waals surface area contributed by atoms with Gasteiger partial charge in [-0.25, -0.2) is 0 Å². The maximum atomic E-state index is 12.1. The Labute approximate surface area is 99.1 Å². The van der Waals surface area contributed by atoms with E-state index in [1.54, 1.807) is 0 Å². The van der Waals surface area contributed by atoms with Crippen molar-refractivity contribution >= 4 is 20.1 Å². The summed E-state index contributed by atoms with van der Waals surface area (Å²) in [5.74, 6) is -0.0703. The molecule has 0 bridgehead atoms. The Kier molecular flexibility index (Phi) is 6.82. The van der Waals surface area contributed by atoms with Gasteiger partial charge in [0, 0.05) is 0 Å². The summed E-state index contributed by atoms with van der Waals surface area (Å²) in [4.78, 5) is 11.8. The van der Waals surface area contributed by atoms with Crippen LogP contribution in [0.1, 0.15) is 27.7 Å². The molecule has 0 aromatic rings. The lowest BCUT2D eigenvalue weighted by Gasteiger charge is -2.16. The first-order chi connectivity index (χ1) is 7.34. The molecule has 0 saturated heterocycles. The molecule has 96 valence electrons. The molecular formula is C11H24O3P2. The molecule has 0 N–H and O–H groups in total. The molecule has 0 fully saturated rings. The van der Waals surface area contributed by atoms with E-state index in [0.29, 0.717) is 24.6 Å². The minimum absolute atomic E-state index is 0.0703. The van der Waals surface area contributed by atoms with Crippen molar-refractivity contribution < 1.29 is 13.9 Å². The van der Waals surface area contributed by atoms with Crippen molar-refractivity contribution in [2.75, 3.05) is 37.0 Å². The average molecular weight is 266 g/mol. The van der Waals surface area contributed by atoms with E-state index >= 15 is 0 Å². The molecule has 16 heavy (non-hydrogen) atoms. The Morgan fingerprint density at radius 3 is 1.19 bits per heavy atom. The molecular weight excluding hydrogens is 242 g/mol. The Balaban J connectivity index is 4.50. The standard InChI is InChI=1S/C11H24O3P2/c1-5-15(13,6-2)9-11(12)10-16(14,7-3)8-4/h5-10H2,1-4H3. The van der Waals surface area contributed by atoms with Crippen molar-refractivity contribution in [3.8, 4) is 0 Å². The number of hydrogen-bond acceptors (Lipinski definition) is 3. The third-order valence-electron chi connectivity index (χ3n) is 3.23. The van der Waals surface area contributed by atoms with Gasteiger partial charge in [-0.1, -0.05) is 27.7 Å². The van der Waals surface area contributed by atoms with E-state index in [1.807, 2.05) is 27.7 Å². The molecule has 0 rings (SSSR count). The van der Waals surface area contributed by atoms with Gasteiger partial charge in [0.2, 0.25) is 0 Å². The highest BCUT2D eigenvalue weighted by Crippen LogP contribution is 2.48. The predicted molar refractivity (Wildman–Crippen MR) is 72.1 cm³/mol. The maximum absolute atomic E-state index is 12.1. The predicted octanol–water partition coefficient (Wildman–Crippen LogP) is 3.36. The van der Waals surface area contributed by atoms with E-state index in [4.69, 9.17) is 0 Å². The van der Waals surface area contributed by atoms with E-state index < -0.39 is 14.3 Å². The molecule has 0 aromatic heterocycles. The summed E-state index contributed by atoms with van der Waals surface area (Å²) in [6.45, 7) is 7.43. The van der Waals surface area contributed by atoms with Crippen molar-refractivity contribution in [3.05, 3.63) is 0 Å². The highest BCUT2D eigenvalue weighted by atomic mass is 31.2. The van der Waals surface area contributed by atoms with Crippen LogP contribution in [-0.4, -0.2) is 42.8 Å². The van der Waals surface area contributed by atoms with Crippen molar-refractivity contribution in [2.45, 2.75) is 27.7 Å². The van der Waals surface area contributed by atoms with Crippen LogP contribution in [0.3, 0.4) is 0 Å². The van der Waals surface area contributed by atoms with Crippen molar-refractivity contribution in [3.63, 3.8) is 0 Å². The quantitative estimate of drug-likeness (QED) is 0.633. The second-order valence-electron chi connectivity index (χ2n) is 4.24. The Hall–Kier alpha value is 0.130. The maximum Gasteiger partial charge on any atom is 0.147 e. The van der Waals surface area contributed by atoms with Gasteiger partial charge >= 0.3 is 0 Å². The van der Waals surface area contributed by atoms with Crippen LogP contribution in [0.5, 0.6) is 0 Å². The summed E-state index contributed by atoms with van der Waals surface area (Å²) in [6.07, 6.45) is 2.55. The van der Waals surface area contributed by atoms with Gasteiger partial charge in [0.05, 0.1) is 26.6 Å². The topological polar surface area (TPSA) is 51.2 Å². The van der Waals surface area contributed by atoms with Gasteiger partial charge in [-0.3, -0.25) is 4.79 Å². The fourth-order valence-corrected chi connectivity index (χ4v) is 5.06. The molecule has 0 heterocycles. The summed E-state index contributed by atoms with van der Waals surface area (Å²) >= 11 is 0. The zero-order valence-electron chi connectivity index (χ0n) is 10.9. The molecule has 0 unspecified atom stereocenters. The lowest BCUT2D eigenvalue weighted by atomic mass is 10.5. The Morgan fingerprint density at radius 2 is 1.00 bits per heavy atom. The van der Waals surface area contributed by atoms with Crippen LogP contribution in [-0.2, 0) is 13.9 Å². The van der Waals surface area contributed by atoms with Crippen LogP contribution >= 0.6 is 14.3 Å². The zero-order valence-corrected chi connectivity index (χ0v) is 12.7. The van der Waals surface area contributed by atoms with Gasteiger partial charge in [0.1, 0.15) is 5.78 Å². The van der Waals surface area contributed by atoms with Gasteiger partial charge in [-0.05, 0) is 24.6 Å². The first-order valence-corrected chi connectivity index (χ1v) is 10.5. The molecule has 0 spiro atoms. The Bertz CT molecular complexity index is 277. The van der Waals surface area contributed by atoms with E-state index in [0.717, 1.165) is 0 Å². The third kappa shape index (κ3) is 4.97. The molecule has 0 radical (unpaired) electrons. The minimum atomic E-state index is -2.31. The molecule has 0 aliphatic rings. The van der Waals surface area contributed by atoms with E-state index in [2.05, 4.69) is 0 Å². The Morgan fingerprint density at radius 1 is 0.750 bits per heavy atom. The van der Waals surface area contributed by atoms with Gasteiger partial charge in [-0.15, -0.1) is 0 Å². The molecule has 0 aliphatic heterocycles. The number of Topliss-reactive ketones (excluding diaryl/α,β-unsaturated/α-hetero) is 1. The summed E-state index contributed by atoms with van der Waals surface area (Å²) in [5, 5.41) is 0. The lowest BCUT2D eigenvalue weighted by Crippen LogP contribution is -2.14. The number of hydrogen-bond donors (Lipinski definition) is 0. The van der Waals surface area contributed by atoms with Crippen LogP contribution in [0.15, 0.2) is 0 Å². The highest BCUT2D eigenvalue weighted by Gasteiger charge is 2.26. The SMILES string of the molecule is CCP(=O)(CC)CC(=O)CP(=O)(CC)CC. The molecule has 5 heteroatoms. The number of ketones is 1. The fraction of sp³-hybridized carbons (Fsp3) is 0.909. The van der Waals surface area contributed by atoms with Crippen molar-refractivity contribution in [1.29, 1.82) is 0 Å². The van der Waals surface area contributed by atoms with Crippen molar-refractivity contribution in [1.82, 2.24) is 0 Å². The van der Waals surface area contributed by atoms with Crippen LogP contribution < -0.4 is 0 Å². The average Bonchev–Trinajstić information content (AvgIpc) is 2.28. The molecule has 0 aromatic carbocycles. The van der Waals surface area contributed by atoms with Crippen LogP contribution in [0.4, 0.5) is 0 Å². The number of rotatable bonds is 8. The number of carbonyl (C=O) groups is 1. The first-order valence-electron chi connectivity index (χ1n) is 6.00. The third-order valence-corrected chi connectivity index (χ3v) is 9.70. The zero-order chi connectivity index (χ0) is 12.8. The monoisotopic (exact) mass is 266 g/mol. The molecule has 0 amide bonds. The molecule has 0 saturated carbocycles. The number of carbonyl (C=O) groups excluding carboxylic acids is 1. The second kappa shape index (κ2) is 6.77. The second-order valence-corrected chi connectivity index (χ2v) is 11.6. The molecule has 0 aliphatic carbocycles. The molecule has 0 atom stereocenters. The van der Waals surface area contributed by atoms with Gasteiger partial charge < -0.3 is 9.13 Å². The first kappa shape index (κ1) is 16.1. The fourth-order valence-electron chi connectivity index (χ4n) is 1.59. The van der Waals surface area contributed by atoms with Crippen LogP contribution in [0, 0.1) is 0 Å². The normalized spacial score (nSPS) is 12.8. The van der Waals surface area contributed by atoms with Crippen LogP contribution in [0.2, 0.25) is 0 Å². The van der Waals surface area contributed by atoms with Crippen LogP contribution in [0.25, 0.3) is 0 Å².